The first-order valence-corrected chi connectivity index (χ1v) is 5.97. The van der Waals surface area contributed by atoms with Crippen LogP contribution in [0.4, 0.5) is 0 Å². The van der Waals surface area contributed by atoms with Gasteiger partial charge in [0, 0.05) is 6.42 Å². The molecule has 0 aliphatic heterocycles. The summed E-state index contributed by atoms with van der Waals surface area (Å²) in [5.41, 5.74) is 1.17. The maximum absolute atomic E-state index is 10.5. The first-order valence-electron chi connectivity index (χ1n) is 5.97. The molecule has 94 valence electrons. The van der Waals surface area contributed by atoms with Crippen LogP contribution in [0.25, 0.3) is 10.8 Å². The van der Waals surface area contributed by atoms with Gasteiger partial charge in [-0.2, -0.15) is 0 Å². The van der Waals surface area contributed by atoms with Crippen molar-refractivity contribution in [3.05, 3.63) is 42.0 Å². The number of fused-ring (bicyclic) bond motifs is 1. The number of methoxy groups -OCH3 is 1. The molecule has 0 saturated carbocycles. The number of benzene rings is 2. The van der Waals surface area contributed by atoms with Gasteiger partial charge in [-0.25, -0.2) is 0 Å². The summed E-state index contributed by atoms with van der Waals surface area (Å²) >= 11 is 0. The standard InChI is InChI=1S/C15H16O3/c1-18-14-8-7-12-9-11(3-2-4-15(16)17)5-6-13(12)10-14/h5-10H,2-4H2,1H3,(H,16,17). The van der Waals surface area contributed by atoms with Gasteiger partial charge in [0.2, 0.25) is 0 Å². The molecule has 18 heavy (non-hydrogen) atoms. The van der Waals surface area contributed by atoms with Crippen LogP contribution in [0.5, 0.6) is 5.75 Å². The lowest BCUT2D eigenvalue weighted by molar-refractivity contribution is -0.137. The number of hydrogen-bond acceptors (Lipinski definition) is 2. The average molecular weight is 244 g/mol. The van der Waals surface area contributed by atoms with E-state index in [9.17, 15) is 4.79 Å². The topological polar surface area (TPSA) is 46.5 Å². The molecule has 0 unspecified atom stereocenters. The van der Waals surface area contributed by atoms with Crippen molar-refractivity contribution < 1.29 is 14.6 Å². The summed E-state index contributed by atoms with van der Waals surface area (Å²) in [6.07, 6.45) is 1.70. The van der Waals surface area contributed by atoms with E-state index in [4.69, 9.17) is 9.84 Å². The minimum atomic E-state index is -0.736. The highest BCUT2D eigenvalue weighted by molar-refractivity contribution is 5.84. The van der Waals surface area contributed by atoms with E-state index < -0.39 is 5.97 Å². The molecule has 0 aliphatic carbocycles. The van der Waals surface area contributed by atoms with Crippen molar-refractivity contribution in [2.24, 2.45) is 0 Å². The minimum Gasteiger partial charge on any atom is -0.497 e. The van der Waals surface area contributed by atoms with E-state index in [1.165, 1.54) is 5.56 Å². The summed E-state index contributed by atoms with van der Waals surface area (Å²) in [6, 6.07) is 12.2. The smallest absolute Gasteiger partial charge is 0.303 e. The molecule has 0 aromatic heterocycles. The number of carbonyl (C=O) groups is 1. The summed E-state index contributed by atoms with van der Waals surface area (Å²) in [5, 5.41) is 10.9. The summed E-state index contributed by atoms with van der Waals surface area (Å²) in [5.74, 6) is 0.113. The van der Waals surface area contributed by atoms with E-state index in [1.807, 2.05) is 30.3 Å². The van der Waals surface area contributed by atoms with Crippen LogP contribution in [0.15, 0.2) is 36.4 Å². The van der Waals surface area contributed by atoms with Crippen molar-refractivity contribution in [2.45, 2.75) is 19.3 Å². The van der Waals surface area contributed by atoms with Crippen LogP contribution in [-0.2, 0) is 11.2 Å². The molecule has 3 heteroatoms. The van der Waals surface area contributed by atoms with Crippen LogP contribution in [0, 0.1) is 0 Å². The van der Waals surface area contributed by atoms with Gasteiger partial charge >= 0.3 is 5.97 Å². The van der Waals surface area contributed by atoms with Crippen LogP contribution in [0.1, 0.15) is 18.4 Å². The maximum atomic E-state index is 10.5. The summed E-state index contributed by atoms with van der Waals surface area (Å²) in [6.45, 7) is 0. The molecule has 0 fully saturated rings. The summed E-state index contributed by atoms with van der Waals surface area (Å²) in [7, 11) is 1.65. The highest BCUT2D eigenvalue weighted by Crippen LogP contribution is 2.22. The number of ether oxygens (including phenoxy) is 1. The molecule has 0 atom stereocenters. The van der Waals surface area contributed by atoms with E-state index in [2.05, 4.69) is 6.07 Å². The van der Waals surface area contributed by atoms with Gasteiger partial charge in [0.05, 0.1) is 7.11 Å². The first kappa shape index (κ1) is 12.4. The van der Waals surface area contributed by atoms with Crippen molar-refractivity contribution in [2.75, 3.05) is 7.11 Å². The molecule has 2 aromatic rings. The number of carboxylic acid groups (broad SMARTS) is 1. The SMILES string of the molecule is COc1ccc2cc(CCCC(=O)O)ccc2c1. The van der Waals surface area contributed by atoms with Gasteiger partial charge in [-0.15, -0.1) is 0 Å². The van der Waals surface area contributed by atoms with E-state index in [-0.39, 0.29) is 6.42 Å². The number of carboxylic acids is 1. The number of aryl methyl sites for hydroxylation is 1. The Morgan fingerprint density at radius 1 is 1.17 bits per heavy atom. The van der Waals surface area contributed by atoms with Crippen LogP contribution in [-0.4, -0.2) is 18.2 Å². The number of rotatable bonds is 5. The third-order valence-electron chi connectivity index (χ3n) is 2.97. The van der Waals surface area contributed by atoms with Gasteiger partial charge < -0.3 is 9.84 Å². The van der Waals surface area contributed by atoms with Gasteiger partial charge in [-0.1, -0.05) is 24.3 Å². The van der Waals surface area contributed by atoms with Gasteiger partial charge in [0.1, 0.15) is 5.75 Å². The van der Waals surface area contributed by atoms with Gasteiger partial charge in [0.25, 0.3) is 0 Å². The van der Waals surface area contributed by atoms with Crippen molar-refractivity contribution >= 4 is 16.7 Å². The molecule has 0 heterocycles. The Bertz CT molecular complexity index is 561. The zero-order valence-corrected chi connectivity index (χ0v) is 10.3. The Labute approximate surface area is 106 Å². The number of hydrogen-bond donors (Lipinski definition) is 1. The van der Waals surface area contributed by atoms with Crippen molar-refractivity contribution in [3.8, 4) is 5.75 Å². The fourth-order valence-electron chi connectivity index (χ4n) is 2.00. The Kier molecular flexibility index (Phi) is 3.82. The van der Waals surface area contributed by atoms with E-state index in [0.29, 0.717) is 6.42 Å². The van der Waals surface area contributed by atoms with E-state index >= 15 is 0 Å². The quantitative estimate of drug-likeness (QED) is 0.878. The molecular formula is C15H16O3. The average Bonchev–Trinajstić information content (AvgIpc) is 2.37. The van der Waals surface area contributed by atoms with Crippen LogP contribution in [0.2, 0.25) is 0 Å². The fraction of sp³-hybridized carbons (Fsp3) is 0.267. The Morgan fingerprint density at radius 2 is 1.89 bits per heavy atom. The Balaban J connectivity index is 2.15. The van der Waals surface area contributed by atoms with Crippen LogP contribution < -0.4 is 4.74 Å². The van der Waals surface area contributed by atoms with Crippen molar-refractivity contribution in [1.82, 2.24) is 0 Å². The first-order chi connectivity index (χ1) is 8.69. The normalized spacial score (nSPS) is 10.5. The molecule has 2 aromatic carbocycles. The third-order valence-corrected chi connectivity index (χ3v) is 2.97. The number of aliphatic carboxylic acids is 1. The highest BCUT2D eigenvalue weighted by Gasteiger charge is 2.01. The van der Waals surface area contributed by atoms with Gasteiger partial charge in [-0.3, -0.25) is 4.79 Å². The maximum Gasteiger partial charge on any atom is 0.303 e. The predicted molar refractivity (Wildman–Crippen MR) is 71.1 cm³/mol. The second-order valence-corrected chi connectivity index (χ2v) is 4.29. The second-order valence-electron chi connectivity index (χ2n) is 4.29. The molecule has 0 aliphatic rings. The predicted octanol–water partition coefficient (Wildman–Crippen LogP) is 3.26. The van der Waals surface area contributed by atoms with Gasteiger partial charge in [0.15, 0.2) is 0 Å². The van der Waals surface area contributed by atoms with Crippen molar-refractivity contribution in [3.63, 3.8) is 0 Å². The molecule has 3 nitrogen and oxygen atoms in total. The highest BCUT2D eigenvalue weighted by atomic mass is 16.5. The zero-order chi connectivity index (χ0) is 13.0. The lowest BCUT2D eigenvalue weighted by atomic mass is 10.0. The van der Waals surface area contributed by atoms with E-state index in [0.717, 1.165) is 22.9 Å². The molecular weight excluding hydrogens is 228 g/mol. The van der Waals surface area contributed by atoms with Crippen molar-refractivity contribution in [1.29, 1.82) is 0 Å². The summed E-state index contributed by atoms with van der Waals surface area (Å²) < 4.78 is 5.18. The summed E-state index contributed by atoms with van der Waals surface area (Å²) in [4.78, 5) is 10.5. The van der Waals surface area contributed by atoms with Crippen LogP contribution in [0.3, 0.4) is 0 Å². The van der Waals surface area contributed by atoms with Gasteiger partial charge in [-0.05, 0) is 41.3 Å². The fourth-order valence-corrected chi connectivity index (χ4v) is 2.00. The van der Waals surface area contributed by atoms with Crippen LogP contribution >= 0.6 is 0 Å². The molecule has 2 rings (SSSR count). The molecule has 0 radical (unpaired) electrons. The molecule has 0 bridgehead atoms. The zero-order valence-electron chi connectivity index (χ0n) is 10.3. The Hall–Kier alpha value is -2.03. The molecule has 0 spiro atoms. The monoisotopic (exact) mass is 244 g/mol. The lowest BCUT2D eigenvalue weighted by Crippen LogP contribution is -1.95. The van der Waals surface area contributed by atoms with E-state index in [1.54, 1.807) is 7.11 Å². The Morgan fingerprint density at radius 3 is 2.61 bits per heavy atom. The second kappa shape index (κ2) is 5.54. The molecule has 0 amide bonds. The minimum absolute atomic E-state index is 0.223. The molecule has 0 saturated heterocycles. The largest absolute Gasteiger partial charge is 0.497 e. The third kappa shape index (κ3) is 3.00. The molecule has 1 N–H and O–H groups in total. The lowest BCUT2D eigenvalue weighted by Gasteiger charge is -2.05.